The molecule has 0 fully saturated rings. The summed E-state index contributed by atoms with van der Waals surface area (Å²) in [4.78, 5) is 0. The van der Waals surface area contributed by atoms with Gasteiger partial charge in [-0.25, -0.2) is 4.39 Å². The van der Waals surface area contributed by atoms with Gasteiger partial charge in [0.05, 0.1) is 0 Å². The average Bonchev–Trinajstić information content (AvgIpc) is 2.30. The van der Waals surface area contributed by atoms with Gasteiger partial charge in [-0.1, -0.05) is 22.0 Å². The van der Waals surface area contributed by atoms with Crippen LogP contribution in [0.1, 0.15) is 5.56 Å². The van der Waals surface area contributed by atoms with Crippen molar-refractivity contribution in [1.82, 2.24) is 0 Å². The van der Waals surface area contributed by atoms with Crippen LogP contribution in [0.15, 0.2) is 46.9 Å². The molecule has 17 heavy (non-hydrogen) atoms. The van der Waals surface area contributed by atoms with E-state index in [9.17, 15) is 4.39 Å². The van der Waals surface area contributed by atoms with Crippen molar-refractivity contribution in [3.05, 3.63) is 58.3 Å². The molecular weight excluding hydrogens is 285 g/mol. The smallest absolute Gasteiger partial charge is 0.131 e. The molecule has 0 aliphatic heterocycles. The predicted molar refractivity (Wildman–Crippen MR) is 69.3 cm³/mol. The molecule has 4 heteroatoms. The fourth-order valence-electron chi connectivity index (χ4n) is 1.37. The summed E-state index contributed by atoms with van der Waals surface area (Å²) < 4.78 is 19.9. The Morgan fingerprint density at radius 3 is 2.47 bits per heavy atom. The van der Waals surface area contributed by atoms with Gasteiger partial charge in [0.15, 0.2) is 0 Å². The molecule has 0 aromatic heterocycles. The number of hydrogen-bond acceptors (Lipinski definition) is 2. The van der Waals surface area contributed by atoms with Gasteiger partial charge < -0.3 is 10.5 Å². The second-order valence-corrected chi connectivity index (χ2v) is 4.51. The van der Waals surface area contributed by atoms with E-state index in [-0.39, 0.29) is 12.4 Å². The van der Waals surface area contributed by atoms with E-state index in [0.717, 1.165) is 4.47 Å². The first kappa shape index (κ1) is 11.9. The molecule has 2 N–H and O–H groups in total. The Balaban J connectivity index is 2.04. The molecule has 2 rings (SSSR count). The van der Waals surface area contributed by atoms with Crippen LogP contribution in [0.5, 0.6) is 5.75 Å². The minimum Gasteiger partial charge on any atom is -0.489 e. The second kappa shape index (κ2) is 5.19. The van der Waals surface area contributed by atoms with Crippen molar-refractivity contribution < 1.29 is 9.13 Å². The molecule has 0 spiro atoms. The number of hydrogen-bond donors (Lipinski definition) is 1. The molecule has 88 valence electrons. The van der Waals surface area contributed by atoms with Crippen molar-refractivity contribution in [3.8, 4) is 5.75 Å². The minimum atomic E-state index is -0.345. The third-order valence-electron chi connectivity index (χ3n) is 2.29. The van der Waals surface area contributed by atoms with E-state index < -0.39 is 0 Å². The molecule has 0 radical (unpaired) electrons. The fourth-order valence-corrected chi connectivity index (χ4v) is 1.64. The van der Waals surface area contributed by atoms with Gasteiger partial charge in [-0.3, -0.25) is 0 Å². The van der Waals surface area contributed by atoms with Gasteiger partial charge in [-0.05, 0) is 36.4 Å². The Morgan fingerprint density at radius 2 is 1.82 bits per heavy atom. The highest BCUT2D eigenvalue weighted by Gasteiger charge is 2.03. The van der Waals surface area contributed by atoms with Crippen LogP contribution < -0.4 is 10.5 Å². The average molecular weight is 296 g/mol. The highest BCUT2D eigenvalue weighted by Crippen LogP contribution is 2.18. The van der Waals surface area contributed by atoms with E-state index in [2.05, 4.69) is 15.9 Å². The van der Waals surface area contributed by atoms with Crippen LogP contribution in [0.3, 0.4) is 0 Å². The topological polar surface area (TPSA) is 35.2 Å². The summed E-state index contributed by atoms with van der Waals surface area (Å²) >= 11 is 3.33. The molecule has 0 aliphatic carbocycles. The Bertz CT molecular complexity index is 513. The van der Waals surface area contributed by atoms with E-state index in [1.54, 1.807) is 12.1 Å². The molecule has 0 saturated heterocycles. The Morgan fingerprint density at radius 1 is 1.12 bits per heavy atom. The van der Waals surface area contributed by atoms with Crippen molar-refractivity contribution in [2.75, 3.05) is 5.73 Å². The number of rotatable bonds is 3. The van der Waals surface area contributed by atoms with Gasteiger partial charge in [0.2, 0.25) is 0 Å². The van der Waals surface area contributed by atoms with Gasteiger partial charge in [0, 0.05) is 15.7 Å². The van der Waals surface area contributed by atoms with E-state index >= 15 is 0 Å². The standard InChI is InChI=1S/C13H11BrFNO/c14-10-2-5-12(6-3-10)17-8-9-1-4-11(16)7-13(9)15/h1-7H,8,16H2. The summed E-state index contributed by atoms with van der Waals surface area (Å²) in [5.74, 6) is 0.353. The maximum absolute atomic E-state index is 13.4. The maximum atomic E-state index is 13.4. The van der Waals surface area contributed by atoms with E-state index in [1.165, 1.54) is 6.07 Å². The summed E-state index contributed by atoms with van der Waals surface area (Å²) in [5, 5.41) is 0. The van der Waals surface area contributed by atoms with Crippen molar-refractivity contribution in [3.63, 3.8) is 0 Å². The SMILES string of the molecule is Nc1ccc(COc2ccc(Br)cc2)c(F)c1. The van der Waals surface area contributed by atoms with Crippen molar-refractivity contribution in [2.45, 2.75) is 6.61 Å². The lowest BCUT2D eigenvalue weighted by molar-refractivity contribution is 0.300. The highest BCUT2D eigenvalue weighted by molar-refractivity contribution is 9.10. The fraction of sp³-hybridized carbons (Fsp3) is 0.0769. The summed E-state index contributed by atoms with van der Waals surface area (Å²) in [6, 6.07) is 12.0. The van der Waals surface area contributed by atoms with E-state index in [4.69, 9.17) is 10.5 Å². The number of nitrogens with two attached hydrogens (primary N) is 1. The predicted octanol–water partition coefficient (Wildman–Crippen LogP) is 3.75. The summed E-state index contributed by atoms with van der Waals surface area (Å²) in [5.41, 5.74) is 6.37. The number of nitrogen functional groups attached to an aromatic ring is 1. The van der Waals surface area contributed by atoms with Crippen LogP contribution in [-0.4, -0.2) is 0 Å². The maximum Gasteiger partial charge on any atom is 0.131 e. The monoisotopic (exact) mass is 295 g/mol. The number of ether oxygens (including phenoxy) is 1. The lowest BCUT2D eigenvalue weighted by Gasteiger charge is -2.07. The van der Waals surface area contributed by atoms with E-state index in [0.29, 0.717) is 17.0 Å². The zero-order chi connectivity index (χ0) is 12.3. The van der Waals surface area contributed by atoms with Gasteiger partial charge in [0.25, 0.3) is 0 Å². The lowest BCUT2D eigenvalue weighted by Crippen LogP contribution is -1.99. The molecule has 0 saturated carbocycles. The Labute approximate surface area is 107 Å². The summed E-state index contributed by atoms with van der Waals surface area (Å²) in [6.07, 6.45) is 0. The second-order valence-electron chi connectivity index (χ2n) is 3.59. The summed E-state index contributed by atoms with van der Waals surface area (Å²) in [7, 11) is 0. The normalized spacial score (nSPS) is 10.2. The molecule has 0 atom stereocenters. The molecule has 0 unspecified atom stereocenters. The molecule has 0 heterocycles. The zero-order valence-electron chi connectivity index (χ0n) is 8.99. The third-order valence-corrected chi connectivity index (χ3v) is 2.81. The molecule has 0 bridgehead atoms. The largest absolute Gasteiger partial charge is 0.489 e. The van der Waals surface area contributed by atoms with Gasteiger partial charge in [0.1, 0.15) is 18.2 Å². The van der Waals surface area contributed by atoms with Crippen LogP contribution in [0.2, 0.25) is 0 Å². The molecule has 2 aromatic rings. The number of anilines is 1. The Kier molecular flexibility index (Phi) is 3.64. The summed E-state index contributed by atoms with van der Waals surface area (Å²) in [6.45, 7) is 0.188. The van der Waals surface area contributed by atoms with Gasteiger partial charge >= 0.3 is 0 Å². The van der Waals surface area contributed by atoms with Crippen molar-refractivity contribution >= 4 is 21.6 Å². The minimum absolute atomic E-state index is 0.188. The first-order valence-corrected chi connectivity index (χ1v) is 5.87. The highest BCUT2D eigenvalue weighted by atomic mass is 79.9. The van der Waals surface area contributed by atoms with Crippen molar-refractivity contribution in [1.29, 1.82) is 0 Å². The van der Waals surface area contributed by atoms with Crippen LogP contribution in [0.4, 0.5) is 10.1 Å². The van der Waals surface area contributed by atoms with Crippen LogP contribution in [0, 0.1) is 5.82 Å². The Hall–Kier alpha value is -1.55. The first-order chi connectivity index (χ1) is 8.15. The molecule has 0 amide bonds. The lowest BCUT2D eigenvalue weighted by atomic mass is 10.2. The third kappa shape index (κ3) is 3.20. The van der Waals surface area contributed by atoms with Gasteiger partial charge in [-0.2, -0.15) is 0 Å². The van der Waals surface area contributed by atoms with Crippen LogP contribution >= 0.6 is 15.9 Å². The van der Waals surface area contributed by atoms with E-state index in [1.807, 2.05) is 24.3 Å². The molecular formula is C13H11BrFNO. The van der Waals surface area contributed by atoms with Gasteiger partial charge in [-0.15, -0.1) is 0 Å². The number of benzene rings is 2. The van der Waals surface area contributed by atoms with Crippen LogP contribution in [0.25, 0.3) is 0 Å². The molecule has 2 aromatic carbocycles. The molecule has 0 aliphatic rings. The zero-order valence-corrected chi connectivity index (χ0v) is 10.6. The van der Waals surface area contributed by atoms with Crippen molar-refractivity contribution in [2.24, 2.45) is 0 Å². The van der Waals surface area contributed by atoms with Crippen LogP contribution in [-0.2, 0) is 6.61 Å². The number of halogens is 2. The quantitative estimate of drug-likeness (QED) is 0.875. The first-order valence-electron chi connectivity index (χ1n) is 5.07. The molecule has 2 nitrogen and oxygen atoms in total.